The molecule has 4 rings (SSSR count). The quantitative estimate of drug-likeness (QED) is 0.742. The summed E-state index contributed by atoms with van der Waals surface area (Å²) in [5, 5.41) is 10.8. The molecule has 3 aromatic carbocycles. The van der Waals surface area contributed by atoms with Crippen molar-refractivity contribution in [3.8, 4) is 0 Å². The summed E-state index contributed by atoms with van der Waals surface area (Å²) < 4.78 is 28.6. The van der Waals surface area contributed by atoms with E-state index in [0.29, 0.717) is 16.6 Å². The number of carbonyl (C=O) groups is 1. The molecule has 0 aliphatic carbocycles. The zero-order chi connectivity index (χ0) is 18.3. The Labute approximate surface area is 149 Å². The Bertz CT molecular complexity index is 1160. The first-order valence-electron chi connectivity index (χ1n) is 7.88. The second-order valence-corrected chi connectivity index (χ2v) is 7.57. The summed E-state index contributed by atoms with van der Waals surface area (Å²) in [4.78, 5) is 15.7. The molecule has 1 atom stereocenters. The molecule has 0 radical (unpaired) electrons. The molecule has 0 fully saturated rings. The average molecular weight is 366 g/mol. The highest BCUT2D eigenvalue weighted by Gasteiger charge is 2.35. The van der Waals surface area contributed by atoms with E-state index in [4.69, 9.17) is 0 Å². The number of aliphatic carboxylic acids is 1. The number of fused-ring (bicyclic) bond motifs is 2. The number of carboxylic acid groups (broad SMARTS) is 1. The van der Waals surface area contributed by atoms with Crippen LogP contribution >= 0.6 is 0 Å². The highest BCUT2D eigenvalue weighted by atomic mass is 32.2. The lowest BCUT2D eigenvalue weighted by Gasteiger charge is -2.16. The van der Waals surface area contributed by atoms with Gasteiger partial charge in [0.25, 0.3) is 0 Å². The largest absolute Gasteiger partial charge is 0.477 e. The van der Waals surface area contributed by atoms with Gasteiger partial charge >= 0.3 is 5.97 Å². The van der Waals surface area contributed by atoms with Gasteiger partial charge in [-0.05, 0) is 17.5 Å². The van der Waals surface area contributed by atoms with E-state index < -0.39 is 22.0 Å². The summed E-state index contributed by atoms with van der Waals surface area (Å²) in [6.45, 7) is 0. The number of hydrogen-bond donors (Lipinski definition) is 2. The van der Waals surface area contributed by atoms with Crippen LogP contribution in [-0.2, 0) is 14.8 Å². The Kier molecular flexibility index (Phi) is 3.82. The minimum atomic E-state index is -3.97. The van der Waals surface area contributed by atoms with E-state index in [1.807, 2.05) is 18.2 Å². The van der Waals surface area contributed by atoms with Gasteiger partial charge in [-0.2, -0.15) is 4.72 Å². The molecule has 0 bridgehead atoms. The Morgan fingerprint density at radius 3 is 2.46 bits per heavy atom. The van der Waals surface area contributed by atoms with Gasteiger partial charge in [0.1, 0.15) is 5.71 Å². The van der Waals surface area contributed by atoms with Gasteiger partial charge in [0.05, 0.1) is 16.6 Å². The molecule has 2 N–H and O–H groups in total. The van der Waals surface area contributed by atoms with E-state index in [1.54, 1.807) is 42.5 Å². The molecule has 0 saturated heterocycles. The highest BCUT2D eigenvalue weighted by molar-refractivity contribution is 7.89. The third-order valence-corrected chi connectivity index (χ3v) is 5.77. The first-order valence-corrected chi connectivity index (χ1v) is 9.36. The van der Waals surface area contributed by atoms with Crippen molar-refractivity contribution in [1.29, 1.82) is 0 Å². The summed E-state index contributed by atoms with van der Waals surface area (Å²) in [6.07, 6.45) is 0. The second kappa shape index (κ2) is 6.05. The van der Waals surface area contributed by atoms with Crippen LogP contribution in [0.1, 0.15) is 11.6 Å². The number of nitrogens with zero attached hydrogens (tertiary/aromatic N) is 1. The molecular formula is C19H14N2O4S. The predicted octanol–water partition coefficient (Wildman–Crippen LogP) is 3.03. The normalized spacial score (nSPS) is 16.3. The Hall–Kier alpha value is -3.03. The fourth-order valence-electron chi connectivity index (χ4n) is 3.11. The van der Waals surface area contributed by atoms with Crippen LogP contribution in [0.25, 0.3) is 10.8 Å². The van der Waals surface area contributed by atoms with Gasteiger partial charge in [-0.1, -0.05) is 54.6 Å². The lowest BCUT2D eigenvalue weighted by molar-refractivity contribution is -0.129. The third kappa shape index (κ3) is 2.67. The van der Waals surface area contributed by atoms with Crippen LogP contribution in [-0.4, -0.2) is 25.2 Å². The molecule has 130 valence electrons. The van der Waals surface area contributed by atoms with Crippen molar-refractivity contribution >= 4 is 38.2 Å². The van der Waals surface area contributed by atoms with Gasteiger partial charge in [0, 0.05) is 10.9 Å². The Balaban J connectivity index is 1.80. The molecule has 1 heterocycles. The number of aliphatic imine (C=N–C) groups is 1. The van der Waals surface area contributed by atoms with E-state index in [2.05, 4.69) is 9.71 Å². The number of rotatable bonds is 4. The van der Waals surface area contributed by atoms with Gasteiger partial charge in [-0.15, -0.1) is 0 Å². The molecule has 3 aromatic rings. The standard InChI is InChI=1S/C19H14N2O4S/c22-19(23)18-17(14-9-3-4-10-15(14)20-18)21-26(24,25)16-11-5-7-12-6-1-2-8-13(12)16/h1-11,17,21H,(H,22,23). The second-order valence-electron chi connectivity index (χ2n) is 5.89. The fraction of sp³-hybridized carbons (Fsp3) is 0.0526. The highest BCUT2D eigenvalue weighted by Crippen LogP contribution is 2.35. The van der Waals surface area contributed by atoms with Crippen molar-refractivity contribution in [3.63, 3.8) is 0 Å². The number of benzene rings is 3. The van der Waals surface area contributed by atoms with E-state index in [9.17, 15) is 18.3 Å². The Morgan fingerprint density at radius 1 is 0.962 bits per heavy atom. The van der Waals surface area contributed by atoms with Crippen LogP contribution in [0.4, 0.5) is 5.69 Å². The van der Waals surface area contributed by atoms with Gasteiger partial charge in [0.2, 0.25) is 10.0 Å². The number of nitrogens with one attached hydrogen (secondary N) is 1. The minimum absolute atomic E-state index is 0.102. The summed E-state index contributed by atoms with van der Waals surface area (Å²) in [7, 11) is -3.97. The lowest BCUT2D eigenvalue weighted by atomic mass is 10.1. The molecule has 1 unspecified atom stereocenters. The van der Waals surface area contributed by atoms with E-state index in [1.165, 1.54) is 6.07 Å². The van der Waals surface area contributed by atoms with Crippen molar-refractivity contribution in [2.75, 3.05) is 0 Å². The van der Waals surface area contributed by atoms with E-state index in [-0.39, 0.29) is 10.6 Å². The maximum atomic E-state index is 13.0. The first kappa shape index (κ1) is 16.4. The van der Waals surface area contributed by atoms with Crippen LogP contribution in [0, 0.1) is 0 Å². The molecular weight excluding hydrogens is 352 g/mol. The van der Waals surface area contributed by atoms with Crippen molar-refractivity contribution in [2.24, 2.45) is 4.99 Å². The summed E-state index contributed by atoms with van der Waals surface area (Å²) >= 11 is 0. The molecule has 0 spiro atoms. The molecule has 1 aliphatic rings. The summed E-state index contributed by atoms with van der Waals surface area (Å²) in [6, 6.07) is 17.9. The zero-order valence-electron chi connectivity index (χ0n) is 13.5. The Morgan fingerprint density at radius 2 is 1.65 bits per heavy atom. The van der Waals surface area contributed by atoms with Gasteiger partial charge in [-0.3, -0.25) is 0 Å². The minimum Gasteiger partial charge on any atom is -0.477 e. The SMILES string of the molecule is O=C(O)C1=Nc2ccccc2C1NS(=O)(=O)c1cccc2ccccc12. The van der Waals surface area contributed by atoms with Crippen LogP contribution < -0.4 is 4.72 Å². The van der Waals surface area contributed by atoms with Crippen LogP contribution in [0.15, 0.2) is 76.6 Å². The van der Waals surface area contributed by atoms with Crippen LogP contribution in [0.3, 0.4) is 0 Å². The monoisotopic (exact) mass is 366 g/mol. The third-order valence-electron chi connectivity index (χ3n) is 4.29. The molecule has 6 nitrogen and oxygen atoms in total. The maximum Gasteiger partial charge on any atom is 0.352 e. The molecule has 7 heteroatoms. The van der Waals surface area contributed by atoms with Crippen LogP contribution in [0.5, 0.6) is 0 Å². The van der Waals surface area contributed by atoms with Crippen molar-refractivity contribution in [2.45, 2.75) is 10.9 Å². The average Bonchev–Trinajstić information content (AvgIpc) is 2.99. The van der Waals surface area contributed by atoms with Gasteiger partial charge in [-0.25, -0.2) is 18.2 Å². The van der Waals surface area contributed by atoms with Crippen molar-refractivity contribution in [1.82, 2.24) is 4.72 Å². The van der Waals surface area contributed by atoms with E-state index >= 15 is 0 Å². The van der Waals surface area contributed by atoms with Gasteiger partial charge < -0.3 is 5.11 Å². The van der Waals surface area contributed by atoms with E-state index in [0.717, 1.165) is 5.39 Å². The lowest BCUT2D eigenvalue weighted by Crippen LogP contribution is -2.35. The maximum absolute atomic E-state index is 13.0. The number of sulfonamides is 1. The molecule has 0 amide bonds. The van der Waals surface area contributed by atoms with Gasteiger partial charge in [0.15, 0.2) is 0 Å². The zero-order valence-corrected chi connectivity index (χ0v) is 14.3. The van der Waals surface area contributed by atoms with Crippen LogP contribution in [0.2, 0.25) is 0 Å². The smallest absolute Gasteiger partial charge is 0.352 e. The van der Waals surface area contributed by atoms with Crippen molar-refractivity contribution < 1.29 is 18.3 Å². The molecule has 1 aliphatic heterocycles. The number of para-hydroxylation sites is 1. The first-order chi connectivity index (χ1) is 12.5. The molecule has 26 heavy (non-hydrogen) atoms. The molecule has 0 saturated carbocycles. The van der Waals surface area contributed by atoms with Crippen molar-refractivity contribution in [3.05, 3.63) is 72.3 Å². The number of carboxylic acids is 1. The topological polar surface area (TPSA) is 95.8 Å². The fourth-order valence-corrected chi connectivity index (χ4v) is 4.52. The predicted molar refractivity (Wildman–Crippen MR) is 98.2 cm³/mol. The molecule has 0 aromatic heterocycles. The summed E-state index contributed by atoms with van der Waals surface area (Å²) in [5.41, 5.74) is 0.735. The summed E-state index contributed by atoms with van der Waals surface area (Å²) in [5.74, 6) is -1.26. The number of hydrogen-bond acceptors (Lipinski definition) is 4.